The third-order valence-corrected chi connectivity index (χ3v) is 6.41. The number of hydrogen-bond donors (Lipinski definition) is 0. The number of benzene rings is 1. The molecule has 3 aromatic heterocycles. The quantitative estimate of drug-likeness (QED) is 0.421. The van der Waals surface area contributed by atoms with E-state index in [-0.39, 0.29) is 11.8 Å². The van der Waals surface area contributed by atoms with E-state index in [1.54, 1.807) is 39.3 Å². The van der Waals surface area contributed by atoms with E-state index in [2.05, 4.69) is 0 Å². The lowest BCUT2D eigenvalue weighted by atomic mass is 10.2. The third-order valence-electron chi connectivity index (χ3n) is 5.53. The lowest BCUT2D eigenvalue weighted by molar-refractivity contribution is -0.127. The molecule has 0 unspecified atom stereocenters. The van der Waals surface area contributed by atoms with E-state index >= 15 is 0 Å². The van der Waals surface area contributed by atoms with Gasteiger partial charge in [-0.05, 0) is 41.8 Å². The minimum absolute atomic E-state index is 0.0790. The van der Waals surface area contributed by atoms with Crippen LogP contribution < -0.4 is 0 Å². The largest absolute Gasteiger partial charge is 0.459 e. The van der Waals surface area contributed by atoms with Crippen molar-refractivity contribution in [3.63, 3.8) is 0 Å². The van der Waals surface area contributed by atoms with E-state index < -0.39 is 0 Å². The molecule has 1 saturated heterocycles. The summed E-state index contributed by atoms with van der Waals surface area (Å²) in [5.41, 5.74) is 2.67. The molecule has 1 aliphatic heterocycles. The number of nitrogens with zero attached hydrogens (tertiary/aromatic N) is 4. The topological polar surface area (TPSA) is 71.6 Å². The number of amides is 2. The van der Waals surface area contributed by atoms with Gasteiger partial charge in [0.2, 0.25) is 5.91 Å². The molecular weight excluding hydrogens is 436 g/mol. The number of piperazine rings is 1. The Kier molecular flexibility index (Phi) is 5.91. The molecule has 1 aliphatic rings. The summed E-state index contributed by atoms with van der Waals surface area (Å²) in [5.74, 6) is 0.104. The second kappa shape index (κ2) is 9.30. The molecule has 4 heterocycles. The SMILES string of the molecule is O=C(/C=C/c1cn(-c2ccccc2)nc1-c1cccs1)N1CCN(C(=O)c2ccco2)CC1. The Hall–Kier alpha value is -3.91. The molecule has 0 bridgehead atoms. The highest BCUT2D eigenvalue weighted by atomic mass is 32.1. The molecule has 1 fully saturated rings. The van der Waals surface area contributed by atoms with Crippen LogP contribution >= 0.6 is 11.3 Å². The Morgan fingerprint density at radius 2 is 1.73 bits per heavy atom. The molecule has 0 aliphatic carbocycles. The van der Waals surface area contributed by atoms with Gasteiger partial charge >= 0.3 is 0 Å². The molecule has 5 rings (SSSR count). The van der Waals surface area contributed by atoms with Crippen LogP contribution in [0.5, 0.6) is 0 Å². The fourth-order valence-electron chi connectivity index (χ4n) is 3.78. The van der Waals surface area contributed by atoms with Gasteiger partial charge < -0.3 is 14.2 Å². The number of rotatable bonds is 5. The summed E-state index contributed by atoms with van der Waals surface area (Å²) >= 11 is 1.61. The predicted octanol–water partition coefficient (Wildman–Crippen LogP) is 4.19. The van der Waals surface area contributed by atoms with Gasteiger partial charge in [0.25, 0.3) is 5.91 Å². The van der Waals surface area contributed by atoms with Crippen molar-refractivity contribution in [2.45, 2.75) is 0 Å². The molecule has 166 valence electrons. The molecule has 4 aromatic rings. The van der Waals surface area contributed by atoms with Crippen LogP contribution in [0.2, 0.25) is 0 Å². The summed E-state index contributed by atoms with van der Waals surface area (Å²) < 4.78 is 7.03. The predicted molar refractivity (Wildman–Crippen MR) is 127 cm³/mol. The van der Waals surface area contributed by atoms with Crippen LogP contribution in [-0.2, 0) is 4.79 Å². The van der Waals surface area contributed by atoms with Crippen molar-refractivity contribution in [2.24, 2.45) is 0 Å². The van der Waals surface area contributed by atoms with Gasteiger partial charge in [0, 0.05) is 44.0 Å². The van der Waals surface area contributed by atoms with E-state index in [0.29, 0.717) is 31.9 Å². The second-order valence-corrected chi connectivity index (χ2v) is 8.57. The van der Waals surface area contributed by atoms with Crippen LogP contribution in [0.25, 0.3) is 22.3 Å². The Balaban J connectivity index is 1.29. The molecule has 8 heteroatoms. The number of carbonyl (C=O) groups is 2. The summed E-state index contributed by atoms with van der Waals surface area (Å²) in [4.78, 5) is 29.8. The van der Waals surface area contributed by atoms with Crippen molar-refractivity contribution in [3.05, 3.63) is 89.8 Å². The number of aromatic nitrogens is 2. The molecular formula is C25H22N4O3S. The van der Waals surface area contributed by atoms with Crippen LogP contribution in [0.3, 0.4) is 0 Å². The van der Waals surface area contributed by atoms with Crippen molar-refractivity contribution in [1.29, 1.82) is 0 Å². The van der Waals surface area contributed by atoms with Crippen LogP contribution in [0, 0.1) is 0 Å². The van der Waals surface area contributed by atoms with Gasteiger partial charge in [-0.2, -0.15) is 5.10 Å². The van der Waals surface area contributed by atoms with Gasteiger partial charge in [-0.1, -0.05) is 24.3 Å². The normalized spacial score (nSPS) is 14.2. The molecule has 0 atom stereocenters. The van der Waals surface area contributed by atoms with Crippen molar-refractivity contribution >= 4 is 29.2 Å². The average molecular weight is 459 g/mol. The van der Waals surface area contributed by atoms with Gasteiger partial charge in [-0.25, -0.2) is 4.68 Å². The van der Waals surface area contributed by atoms with Gasteiger partial charge in [0.1, 0.15) is 5.69 Å². The van der Waals surface area contributed by atoms with E-state index in [9.17, 15) is 9.59 Å². The van der Waals surface area contributed by atoms with Crippen LogP contribution in [0.15, 0.2) is 82.9 Å². The zero-order valence-electron chi connectivity index (χ0n) is 17.8. The van der Waals surface area contributed by atoms with Gasteiger partial charge in [0.05, 0.1) is 16.8 Å². The fourth-order valence-corrected chi connectivity index (χ4v) is 4.51. The second-order valence-electron chi connectivity index (χ2n) is 7.62. The van der Waals surface area contributed by atoms with E-state index in [1.807, 2.05) is 64.8 Å². The van der Waals surface area contributed by atoms with Crippen molar-refractivity contribution in [2.75, 3.05) is 26.2 Å². The molecule has 0 N–H and O–H groups in total. The highest BCUT2D eigenvalue weighted by Gasteiger charge is 2.25. The summed E-state index contributed by atoms with van der Waals surface area (Å²) in [5, 5.41) is 6.78. The summed E-state index contributed by atoms with van der Waals surface area (Å²) in [6, 6.07) is 17.3. The van der Waals surface area contributed by atoms with E-state index in [4.69, 9.17) is 9.52 Å². The maximum absolute atomic E-state index is 12.8. The average Bonchev–Trinajstić information content (AvgIpc) is 3.64. The van der Waals surface area contributed by atoms with Gasteiger partial charge in [0.15, 0.2) is 5.76 Å². The Bertz CT molecular complexity index is 1250. The fraction of sp³-hybridized carbons (Fsp3) is 0.160. The maximum atomic E-state index is 12.8. The zero-order valence-corrected chi connectivity index (χ0v) is 18.6. The highest BCUT2D eigenvalue weighted by molar-refractivity contribution is 7.13. The molecule has 1 aromatic carbocycles. The molecule has 2 amide bonds. The first-order valence-corrected chi connectivity index (χ1v) is 11.6. The number of thiophene rings is 1. The van der Waals surface area contributed by atoms with Crippen molar-refractivity contribution in [3.8, 4) is 16.3 Å². The molecule has 0 spiro atoms. The summed E-state index contributed by atoms with van der Waals surface area (Å²) in [6.45, 7) is 1.92. The van der Waals surface area contributed by atoms with Gasteiger partial charge in [-0.15, -0.1) is 11.3 Å². The highest BCUT2D eigenvalue weighted by Crippen LogP contribution is 2.28. The lowest BCUT2D eigenvalue weighted by Crippen LogP contribution is -2.50. The monoisotopic (exact) mass is 458 g/mol. The first-order valence-electron chi connectivity index (χ1n) is 10.7. The number of para-hydroxylation sites is 1. The van der Waals surface area contributed by atoms with Gasteiger partial charge in [-0.3, -0.25) is 9.59 Å². The number of furan rings is 1. The van der Waals surface area contributed by atoms with Crippen LogP contribution in [-0.4, -0.2) is 57.6 Å². The van der Waals surface area contributed by atoms with Crippen LogP contribution in [0.4, 0.5) is 0 Å². The number of carbonyl (C=O) groups excluding carboxylic acids is 2. The minimum atomic E-state index is -0.142. The Labute approximate surface area is 195 Å². The van der Waals surface area contributed by atoms with Crippen molar-refractivity contribution in [1.82, 2.24) is 19.6 Å². The Morgan fingerprint density at radius 1 is 0.939 bits per heavy atom. The maximum Gasteiger partial charge on any atom is 0.289 e. The minimum Gasteiger partial charge on any atom is -0.459 e. The van der Waals surface area contributed by atoms with Crippen LogP contribution in [0.1, 0.15) is 16.1 Å². The third kappa shape index (κ3) is 4.51. The lowest BCUT2D eigenvalue weighted by Gasteiger charge is -2.33. The zero-order chi connectivity index (χ0) is 22.6. The molecule has 0 saturated carbocycles. The molecule has 33 heavy (non-hydrogen) atoms. The Morgan fingerprint density at radius 3 is 2.42 bits per heavy atom. The first kappa shape index (κ1) is 21.0. The van der Waals surface area contributed by atoms with E-state index in [0.717, 1.165) is 21.8 Å². The summed E-state index contributed by atoms with van der Waals surface area (Å²) in [7, 11) is 0. The standard InChI is InChI=1S/C25H22N4O3S/c30-23(27-12-14-28(15-13-27)25(31)21-8-4-16-32-21)11-10-19-18-29(20-6-2-1-3-7-20)26-24(19)22-9-5-17-33-22/h1-11,16-18H,12-15H2/b11-10+. The summed E-state index contributed by atoms with van der Waals surface area (Å²) in [6.07, 6.45) is 6.84. The molecule has 7 nitrogen and oxygen atoms in total. The molecule has 0 radical (unpaired) electrons. The first-order chi connectivity index (χ1) is 16.2. The smallest absolute Gasteiger partial charge is 0.289 e. The van der Waals surface area contributed by atoms with Crippen molar-refractivity contribution < 1.29 is 14.0 Å². The number of hydrogen-bond acceptors (Lipinski definition) is 5. The van der Waals surface area contributed by atoms with E-state index in [1.165, 1.54) is 6.26 Å².